The molecule has 1 amide bonds. The summed E-state index contributed by atoms with van der Waals surface area (Å²) in [5.41, 5.74) is 1.90. The second-order valence-corrected chi connectivity index (χ2v) is 8.21. The van der Waals surface area contributed by atoms with E-state index in [1.54, 1.807) is 28.8 Å². The molecule has 2 aliphatic heterocycles. The van der Waals surface area contributed by atoms with Crippen LogP contribution in [-0.4, -0.2) is 28.6 Å². The van der Waals surface area contributed by atoms with Crippen LogP contribution in [0.25, 0.3) is 0 Å². The normalized spacial score (nSPS) is 24.6. The van der Waals surface area contributed by atoms with Gasteiger partial charge in [0.05, 0.1) is 0 Å². The van der Waals surface area contributed by atoms with E-state index in [-0.39, 0.29) is 18.5 Å². The first-order valence-corrected chi connectivity index (χ1v) is 9.89. The van der Waals surface area contributed by atoms with Crippen LogP contribution in [0.3, 0.4) is 0 Å². The molecule has 2 aliphatic rings. The average molecular weight is 388 g/mol. The topological polar surface area (TPSA) is 46.6 Å². The Morgan fingerprint density at radius 1 is 1.23 bits per heavy atom. The zero-order valence-corrected chi connectivity index (χ0v) is 15.6. The number of esters is 1. The average Bonchev–Trinajstić information content (AvgIpc) is 3.20. The molecule has 4 nitrogen and oxygen atoms in total. The molecule has 0 spiro atoms. The Kier molecular flexibility index (Phi) is 4.67. The van der Waals surface area contributed by atoms with Crippen molar-refractivity contribution in [3.63, 3.8) is 0 Å². The number of ether oxygens (including phenoxy) is 1. The SMILES string of the molecule is O=C(OCc1cccc(Cl)c1)[C@@H]1CS[C@@]2(c3ccccc3)CCC(=O)N12. The van der Waals surface area contributed by atoms with Crippen molar-refractivity contribution in [1.29, 1.82) is 0 Å². The van der Waals surface area contributed by atoms with Crippen molar-refractivity contribution >= 4 is 35.2 Å². The smallest absolute Gasteiger partial charge is 0.330 e. The molecule has 26 heavy (non-hydrogen) atoms. The maximum atomic E-state index is 12.7. The highest BCUT2D eigenvalue weighted by atomic mass is 35.5. The van der Waals surface area contributed by atoms with Gasteiger partial charge in [-0.05, 0) is 29.7 Å². The Labute approximate surface area is 161 Å². The Bertz CT molecular complexity index is 844. The fourth-order valence-electron chi connectivity index (χ4n) is 3.69. The maximum Gasteiger partial charge on any atom is 0.330 e. The van der Waals surface area contributed by atoms with E-state index in [4.69, 9.17) is 16.3 Å². The zero-order chi connectivity index (χ0) is 18.1. The van der Waals surface area contributed by atoms with Crippen LogP contribution in [0.5, 0.6) is 0 Å². The van der Waals surface area contributed by atoms with Crippen molar-refractivity contribution in [2.45, 2.75) is 30.4 Å². The van der Waals surface area contributed by atoms with Gasteiger partial charge in [-0.25, -0.2) is 4.79 Å². The van der Waals surface area contributed by atoms with Gasteiger partial charge in [0.1, 0.15) is 17.5 Å². The van der Waals surface area contributed by atoms with Crippen molar-refractivity contribution in [3.05, 3.63) is 70.7 Å². The molecule has 0 aromatic heterocycles. The minimum atomic E-state index is -0.547. The summed E-state index contributed by atoms with van der Waals surface area (Å²) in [6.45, 7) is 0.154. The van der Waals surface area contributed by atoms with Crippen LogP contribution in [0, 0.1) is 0 Å². The lowest BCUT2D eigenvalue weighted by Crippen LogP contribution is -2.46. The molecule has 2 heterocycles. The molecule has 0 N–H and O–H groups in total. The van der Waals surface area contributed by atoms with Crippen molar-refractivity contribution in [2.24, 2.45) is 0 Å². The predicted octanol–water partition coefficient (Wildman–Crippen LogP) is 3.97. The van der Waals surface area contributed by atoms with Gasteiger partial charge in [0, 0.05) is 17.2 Å². The molecular formula is C20H18ClNO3S. The largest absolute Gasteiger partial charge is 0.459 e. The lowest BCUT2D eigenvalue weighted by molar-refractivity contribution is -0.155. The molecule has 0 radical (unpaired) electrons. The Hall–Kier alpha value is -1.98. The van der Waals surface area contributed by atoms with E-state index in [1.165, 1.54) is 0 Å². The number of amides is 1. The fraction of sp³-hybridized carbons (Fsp3) is 0.300. The number of rotatable bonds is 4. The number of hydrogen-bond donors (Lipinski definition) is 0. The maximum absolute atomic E-state index is 12.7. The molecule has 0 aliphatic carbocycles. The van der Waals surface area contributed by atoms with E-state index in [0.29, 0.717) is 17.2 Å². The van der Waals surface area contributed by atoms with Gasteiger partial charge in [-0.15, -0.1) is 11.8 Å². The Morgan fingerprint density at radius 2 is 2.04 bits per heavy atom. The molecule has 2 aromatic rings. The van der Waals surface area contributed by atoms with Crippen LogP contribution in [0.2, 0.25) is 5.02 Å². The molecule has 6 heteroatoms. The molecule has 2 fully saturated rings. The number of hydrogen-bond acceptors (Lipinski definition) is 4. The predicted molar refractivity (Wildman–Crippen MR) is 102 cm³/mol. The lowest BCUT2D eigenvalue weighted by Gasteiger charge is -2.33. The number of fused-ring (bicyclic) bond motifs is 1. The van der Waals surface area contributed by atoms with Gasteiger partial charge in [-0.2, -0.15) is 0 Å². The summed E-state index contributed by atoms with van der Waals surface area (Å²) < 4.78 is 5.50. The van der Waals surface area contributed by atoms with Crippen LogP contribution in [0.15, 0.2) is 54.6 Å². The quantitative estimate of drug-likeness (QED) is 0.744. The molecule has 2 aromatic carbocycles. The second kappa shape index (κ2) is 6.97. The highest BCUT2D eigenvalue weighted by Crippen LogP contribution is 2.54. The van der Waals surface area contributed by atoms with Crippen LogP contribution >= 0.6 is 23.4 Å². The van der Waals surface area contributed by atoms with Crippen LogP contribution in [0.1, 0.15) is 24.0 Å². The third kappa shape index (κ3) is 2.99. The van der Waals surface area contributed by atoms with Gasteiger partial charge in [0.15, 0.2) is 0 Å². The third-order valence-corrected chi connectivity index (χ3v) is 6.73. The van der Waals surface area contributed by atoms with Crippen LogP contribution in [-0.2, 0) is 25.8 Å². The summed E-state index contributed by atoms with van der Waals surface area (Å²) in [7, 11) is 0. The summed E-state index contributed by atoms with van der Waals surface area (Å²) >= 11 is 7.63. The molecule has 0 bridgehead atoms. The number of carbonyl (C=O) groups excluding carboxylic acids is 2. The van der Waals surface area contributed by atoms with Gasteiger partial charge in [0.2, 0.25) is 5.91 Å². The standard InChI is InChI=1S/C20H18ClNO3S/c21-16-8-4-5-14(11-16)12-25-19(24)17-13-26-20(10-9-18(23)22(17)20)15-6-2-1-3-7-15/h1-8,11,17H,9-10,12-13H2/t17-,20+/m0/s1. The summed E-state index contributed by atoms with van der Waals surface area (Å²) in [4.78, 5) is 26.6. The van der Waals surface area contributed by atoms with Crippen LogP contribution < -0.4 is 0 Å². The van der Waals surface area contributed by atoms with Gasteiger partial charge in [-0.1, -0.05) is 54.1 Å². The summed E-state index contributed by atoms with van der Waals surface area (Å²) in [5.74, 6) is 0.212. The minimum absolute atomic E-state index is 0.0172. The van der Waals surface area contributed by atoms with E-state index >= 15 is 0 Å². The van der Waals surface area contributed by atoms with Gasteiger partial charge in [0.25, 0.3) is 0 Å². The molecule has 2 atom stereocenters. The van der Waals surface area contributed by atoms with E-state index in [0.717, 1.165) is 17.5 Å². The van der Waals surface area contributed by atoms with Crippen molar-refractivity contribution in [2.75, 3.05) is 5.75 Å². The van der Waals surface area contributed by atoms with Crippen molar-refractivity contribution in [1.82, 2.24) is 4.90 Å². The van der Waals surface area contributed by atoms with Crippen molar-refractivity contribution < 1.29 is 14.3 Å². The molecule has 134 valence electrons. The zero-order valence-electron chi connectivity index (χ0n) is 14.1. The highest BCUT2D eigenvalue weighted by Gasteiger charge is 2.57. The summed E-state index contributed by atoms with van der Waals surface area (Å²) in [5, 5.41) is 0.604. The Morgan fingerprint density at radius 3 is 2.81 bits per heavy atom. The summed E-state index contributed by atoms with van der Waals surface area (Å²) in [6.07, 6.45) is 1.18. The highest BCUT2D eigenvalue weighted by molar-refractivity contribution is 8.00. The molecular weight excluding hydrogens is 370 g/mol. The van der Waals surface area contributed by atoms with Gasteiger partial charge in [-0.3, -0.25) is 4.79 Å². The Balaban J connectivity index is 1.52. The first-order chi connectivity index (χ1) is 12.6. The summed E-state index contributed by atoms with van der Waals surface area (Å²) in [6, 6.07) is 16.6. The van der Waals surface area contributed by atoms with E-state index in [1.807, 2.05) is 42.5 Å². The minimum Gasteiger partial charge on any atom is -0.459 e. The lowest BCUT2D eigenvalue weighted by atomic mass is 10.0. The molecule has 4 rings (SSSR count). The van der Waals surface area contributed by atoms with Gasteiger partial charge >= 0.3 is 5.97 Å². The third-order valence-electron chi connectivity index (χ3n) is 4.89. The first kappa shape index (κ1) is 17.4. The fourth-order valence-corrected chi connectivity index (χ4v) is 5.54. The second-order valence-electron chi connectivity index (χ2n) is 6.48. The monoisotopic (exact) mass is 387 g/mol. The number of halogens is 1. The molecule has 2 saturated heterocycles. The van der Waals surface area contributed by atoms with E-state index in [9.17, 15) is 9.59 Å². The number of benzene rings is 2. The molecule has 0 unspecified atom stereocenters. The van der Waals surface area contributed by atoms with Crippen molar-refractivity contribution in [3.8, 4) is 0 Å². The van der Waals surface area contributed by atoms with E-state index < -0.39 is 10.9 Å². The number of carbonyl (C=O) groups is 2. The number of thioether (sulfide) groups is 1. The van der Waals surface area contributed by atoms with Gasteiger partial charge < -0.3 is 9.64 Å². The number of nitrogens with zero attached hydrogens (tertiary/aromatic N) is 1. The molecule has 0 saturated carbocycles. The first-order valence-electron chi connectivity index (χ1n) is 8.53. The van der Waals surface area contributed by atoms with Crippen LogP contribution in [0.4, 0.5) is 0 Å². The van der Waals surface area contributed by atoms with E-state index in [2.05, 4.69) is 0 Å².